The molecule has 110 valence electrons. The van der Waals surface area contributed by atoms with Crippen LogP contribution in [0.2, 0.25) is 0 Å². The number of hydrogen-bond acceptors (Lipinski definition) is 3. The summed E-state index contributed by atoms with van der Waals surface area (Å²) in [6, 6.07) is 5.29. The fourth-order valence-corrected chi connectivity index (χ4v) is 2.85. The molecular formula is C15H22FN3S. The molecule has 0 aromatic heterocycles. The van der Waals surface area contributed by atoms with E-state index in [1.165, 1.54) is 6.07 Å². The molecule has 1 unspecified atom stereocenters. The lowest BCUT2D eigenvalue weighted by atomic mass is 10.1. The Morgan fingerprint density at radius 1 is 1.45 bits per heavy atom. The molecule has 1 aromatic rings. The average Bonchev–Trinajstić information content (AvgIpc) is 2.53. The van der Waals surface area contributed by atoms with Crippen LogP contribution >= 0.6 is 12.2 Å². The van der Waals surface area contributed by atoms with Crippen LogP contribution in [0.25, 0.3) is 0 Å². The van der Waals surface area contributed by atoms with E-state index in [1.54, 1.807) is 12.1 Å². The van der Waals surface area contributed by atoms with Crippen molar-refractivity contribution in [3.05, 3.63) is 35.1 Å². The van der Waals surface area contributed by atoms with Crippen LogP contribution < -0.4 is 5.73 Å². The molecule has 0 aliphatic carbocycles. The van der Waals surface area contributed by atoms with Crippen LogP contribution in [0.4, 0.5) is 4.39 Å². The standard InChI is InChI=1S/C15H22FN3S/c1-11-9-18(2)6-3-7-19(11)10-13-8-12(15(17)20)4-5-14(13)16/h4-5,8,11H,3,6-7,9-10H2,1-2H3,(H2,17,20). The van der Waals surface area contributed by atoms with Gasteiger partial charge >= 0.3 is 0 Å². The Bertz CT molecular complexity index is 492. The number of rotatable bonds is 3. The number of benzene rings is 1. The summed E-state index contributed by atoms with van der Waals surface area (Å²) in [5.41, 5.74) is 7.03. The first-order chi connectivity index (χ1) is 9.47. The van der Waals surface area contributed by atoms with Crippen molar-refractivity contribution in [2.75, 3.05) is 26.7 Å². The van der Waals surface area contributed by atoms with Crippen molar-refractivity contribution in [3.8, 4) is 0 Å². The summed E-state index contributed by atoms with van der Waals surface area (Å²) in [4.78, 5) is 4.97. The molecule has 1 aliphatic heterocycles. The summed E-state index contributed by atoms with van der Waals surface area (Å²) < 4.78 is 14.0. The van der Waals surface area contributed by atoms with Crippen molar-refractivity contribution in [1.29, 1.82) is 0 Å². The zero-order valence-electron chi connectivity index (χ0n) is 12.1. The molecule has 0 spiro atoms. The quantitative estimate of drug-likeness (QED) is 0.865. The zero-order chi connectivity index (χ0) is 14.7. The largest absolute Gasteiger partial charge is 0.389 e. The molecule has 0 radical (unpaired) electrons. The molecule has 3 nitrogen and oxygen atoms in total. The second-order valence-electron chi connectivity index (χ2n) is 5.61. The maximum absolute atomic E-state index is 14.0. The summed E-state index contributed by atoms with van der Waals surface area (Å²) in [6.45, 7) is 5.89. The van der Waals surface area contributed by atoms with Crippen LogP contribution in [0.3, 0.4) is 0 Å². The molecular weight excluding hydrogens is 273 g/mol. The Labute approximate surface area is 125 Å². The molecule has 5 heteroatoms. The predicted molar refractivity (Wildman–Crippen MR) is 84.3 cm³/mol. The van der Waals surface area contributed by atoms with Gasteiger partial charge in [-0.25, -0.2) is 4.39 Å². The maximum Gasteiger partial charge on any atom is 0.127 e. The Hall–Kier alpha value is -1.04. The van der Waals surface area contributed by atoms with E-state index in [2.05, 4.69) is 23.8 Å². The van der Waals surface area contributed by atoms with E-state index >= 15 is 0 Å². The summed E-state index contributed by atoms with van der Waals surface area (Å²) >= 11 is 4.96. The first-order valence-corrected chi connectivity index (χ1v) is 7.39. The van der Waals surface area contributed by atoms with Crippen molar-refractivity contribution in [2.45, 2.75) is 25.9 Å². The van der Waals surface area contributed by atoms with Gasteiger partial charge in [0.2, 0.25) is 0 Å². The van der Waals surface area contributed by atoms with Gasteiger partial charge in [-0.2, -0.15) is 0 Å². The minimum Gasteiger partial charge on any atom is -0.389 e. The summed E-state index contributed by atoms with van der Waals surface area (Å²) in [6.07, 6.45) is 1.11. The Morgan fingerprint density at radius 2 is 2.20 bits per heavy atom. The number of likely N-dealkylation sites (N-methyl/N-ethyl adjacent to an activating group) is 1. The molecule has 2 N–H and O–H groups in total. The first-order valence-electron chi connectivity index (χ1n) is 6.98. The predicted octanol–water partition coefficient (Wildman–Crippen LogP) is 1.99. The van der Waals surface area contributed by atoms with E-state index < -0.39 is 0 Å². The van der Waals surface area contributed by atoms with Crippen LogP contribution in [-0.2, 0) is 6.54 Å². The normalized spacial score (nSPS) is 21.6. The van der Waals surface area contributed by atoms with Gasteiger partial charge in [0, 0.05) is 36.8 Å². The third-order valence-electron chi connectivity index (χ3n) is 3.89. The van der Waals surface area contributed by atoms with Crippen molar-refractivity contribution in [1.82, 2.24) is 9.80 Å². The maximum atomic E-state index is 14.0. The minimum absolute atomic E-state index is 0.185. The van der Waals surface area contributed by atoms with Gasteiger partial charge in [-0.15, -0.1) is 0 Å². The topological polar surface area (TPSA) is 32.5 Å². The fraction of sp³-hybridized carbons (Fsp3) is 0.533. The van der Waals surface area contributed by atoms with Crippen LogP contribution in [-0.4, -0.2) is 47.5 Å². The van der Waals surface area contributed by atoms with Gasteiger partial charge in [-0.3, -0.25) is 4.90 Å². The van der Waals surface area contributed by atoms with E-state index in [0.29, 0.717) is 23.1 Å². The van der Waals surface area contributed by atoms with E-state index in [4.69, 9.17) is 18.0 Å². The van der Waals surface area contributed by atoms with Gasteiger partial charge < -0.3 is 10.6 Å². The summed E-state index contributed by atoms with van der Waals surface area (Å²) in [5, 5.41) is 0. The van der Waals surface area contributed by atoms with Crippen molar-refractivity contribution in [3.63, 3.8) is 0 Å². The zero-order valence-corrected chi connectivity index (χ0v) is 12.9. The van der Waals surface area contributed by atoms with Gasteiger partial charge in [0.1, 0.15) is 10.8 Å². The van der Waals surface area contributed by atoms with Gasteiger partial charge in [0.05, 0.1) is 0 Å². The second-order valence-corrected chi connectivity index (χ2v) is 6.05. The third-order valence-corrected chi connectivity index (χ3v) is 4.12. The van der Waals surface area contributed by atoms with E-state index in [-0.39, 0.29) is 5.82 Å². The summed E-state index contributed by atoms with van der Waals surface area (Å²) in [5.74, 6) is -0.185. The van der Waals surface area contributed by atoms with Crippen LogP contribution in [0, 0.1) is 5.82 Å². The van der Waals surface area contributed by atoms with Crippen molar-refractivity contribution < 1.29 is 4.39 Å². The number of nitrogens with two attached hydrogens (primary N) is 1. The van der Waals surface area contributed by atoms with E-state index in [0.717, 1.165) is 31.6 Å². The Balaban J connectivity index is 2.16. The molecule has 0 saturated carbocycles. The Kier molecular flexibility index (Phi) is 5.07. The van der Waals surface area contributed by atoms with Crippen LogP contribution in [0.5, 0.6) is 0 Å². The highest BCUT2D eigenvalue weighted by molar-refractivity contribution is 7.80. The number of nitrogens with zero attached hydrogens (tertiary/aromatic N) is 2. The van der Waals surface area contributed by atoms with E-state index in [1.807, 2.05) is 0 Å². The number of thiocarbonyl (C=S) groups is 1. The van der Waals surface area contributed by atoms with E-state index in [9.17, 15) is 4.39 Å². The summed E-state index contributed by atoms with van der Waals surface area (Å²) in [7, 11) is 2.13. The lowest BCUT2D eigenvalue weighted by Crippen LogP contribution is -2.37. The SMILES string of the molecule is CC1CN(C)CCCN1Cc1cc(C(N)=S)ccc1F. The molecule has 1 saturated heterocycles. The van der Waals surface area contributed by atoms with Crippen LogP contribution in [0.15, 0.2) is 18.2 Å². The van der Waals surface area contributed by atoms with Crippen LogP contribution in [0.1, 0.15) is 24.5 Å². The molecule has 1 heterocycles. The highest BCUT2D eigenvalue weighted by Gasteiger charge is 2.20. The lowest BCUT2D eigenvalue weighted by molar-refractivity contribution is 0.192. The molecule has 0 bridgehead atoms. The third kappa shape index (κ3) is 3.75. The highest BCUT2D eigenvalue weighted by Crippen LogP contribution is 2.17. The van der Waals surface area contributed by atoms with Gasteiger partial charge in [-0.05, 0) is 45.1 Å². The molecule has 1 aromatic carbocycles. The van der Waals surface area contributed by atoms with Gasteiger partial charge in [0.15, 0.2) is 0 Å². The molecule has 1 atom stereocenters. The lowest BCUT2D eigenvalue weighted by Gasteiger charge is -2.28. The molecule has 0 amide bonds. The molecule has 2 rings (SSSR count). The Morgan fingerprint density at radius 3 is 2.90 bits per heavy atom. The van der Waals surface area contributed by atoms with Crippen molar-refractivity contribution >= 4 is 17.2 Å². The molecule has 1 aliphatic rings. The molecule has 1 fully saturated rings. The minimum atomic E-state index is -0.185. The average molecular weight is 295 g/mol. The number of halogens is 1. The van der Waals surface area contributed by atoms with Crippen molar-refractivity contribution in [2.24, 2.45) is 5.73 Å². The second kappa shape index (κ2) is 6.61. The smallest absolute Gasteiger partial charge is 0.127 e. The monoisotopic (exact) mass is 295 g/mol. The van der Waals surface area contributed by atoms with Gasteiger partial charge in [-0.1, -0.05) is 12.2 Å². The fourth-order valence-electron chi connectivity index (χ4n) is 2.72. The highest BCUT2D eigenvalue weighted by atomic mass is 32.1. The van der Waals surface area contributed by atoms with Gasteiger partial charge in [0.25, 0.3) is 0 Å². The molecule has 20 heavy (non-hydrogen) atoms. The first kappa shape index (κ1) is 15.4. The number of hydrogen-bond donors (Lipinski definition) is 1.